The number of nitrogens with two attached hydrogens (primary N) is 1. The van der Waals surface area contributed by atoms with Gasteiger partial charge in [-0.1, -0.05) is 0 Å². The van der Waals surface area contributed by atoms with Gasteiger partial charge >= 0.3 is 13.5 Å². The van der Waals surface area contributed by atoms with Crippen molar-refractivity contribution in [2.24, 2.45) is 12.8 Å². The minimum absolute atomic E-state index is 0.470. The van der Waals surface area contributed by atoms with Crippen molar-refractivity contribution in [2.75, 3.05) is 91.1 Å². The smallest absolute Gasteiger partial charge is 0.387 e. The average Bonchev–Trinajstić information content (AvgIpc) is 3.48. The molecule has 0 amide bonds. The molecule has 7 N–H and O–H groups in total. The summed E-state index contributed by atoms with van der Waals surface area (Å²) in [6, 6.07) is 1.83. The number of fused-ring (bicyclic) bond motifs is 1. The fourth-order valence-corrected chi connectivity index (χ4v) is 4.78. The number of pyridine rings is 1. The molecule has 0 radical (unpaired) electrons. The lowest BCUT2D eigenvalue weighted by Crippen LogP contribution is -2.45. The highest BCUT2D eigenvalue weighted by molar-refractivity contribution is 7.46. The van der Waals surface area contributed by atoms with Crippen molar-refractivity contribution in [1.82, 2.24) is 9.55 Å². The van der Waals surface area contributed by atoms with Gasteiger partial charge in [-0.15, -0.1) is 4.98 Å². The third-order valence-electron chi connectivity index (χ3n) is 6.58. The number of aryl methyl sites for hydroxylation is 1. The quantitative estimate of drug-likeness (QED) is 0.0446. The first-order valence-electron chi connectivity index (χ1n) is 14.6. The zero-order valence-electron chi connectivity index (χ0n) is 25.1. The molecule has 4 unspecified atom stereocenters. The minimum atomic E-state index is -4.76. The number of aliphatic hydroxyl groups excluding tert-OH is 2. The van der Waals surface area contributed by atoms with Gasteiger partial charge in [0.25, 0.3) is 0 Å². The molecule has 18 heteroatoms. The monoisotopic (exact) mass is 652 g/mol. The van der Waals surface area contributed by atoms with Crippen LogP contribution in [0.4, 0.5) is 5.69 Å². The molecule has 0 saturated carbocycles. The standard InChI is InChI=1S/C26H46N5O12P/c1-30-19-31(26-24(33)23(32)21(43-26)18-42-44(34,35)36)25-22(30)20(4-7-29-25)28-6-3-9-38-11-13-40-15-17-41-16-14-39-12-10-37-8-2-5-27/h4,7,19,21,23-24,26,32-33H,2-3,5-6,8-18,27H2,1H3,(H2-,28,29,34,35,36)/p+1. The summed E-state index contributed by atoms with van der Waals surface area (Å²) in [5.41, 5.74) is 7.42. The van der Waals surface area contributed by atoms with Crippen LogP contribution in [0.2, 0.25) is 0 Å². The van der Waals surface area contributed by atoms with Crippen molar-refractivity contribution in [3.05, 3.63) is 18.6 Å². The Kier molecular flexibility index (Phi) is 16.3. The Morgan fingerprint density at radius 2 is 1.52 bits per heavy atom. The number of anilines is 1. The summed E-state index contributed by atoms with van der Waals surface area (Å²) < 4.78 is 51.9. The molecule has 4 atom stereocenters. The summed E-state index contributed by atoms with van der Waals surface area (Å²) in [5, 5.41) is 24.3. The lowest BCUT2D eigenvalue weighted by Gasteiger charge is -2.14. The fraction of sp³-hybridized carbons (Fsp3) is 0.769. The SMILES string of the molecule is Cn1c[n+](C2OC(COP(=O)(O)O)C(O)C2O)c2nccc(NCCCOCCOCCOCCOCCOCCCN)c21. The summed E-state index contributed by atoms with van der Waals surface area (Å²) in [6.07, 6.45) is -0.0943. The third kappa shape index (κ3) is 12.2. The van der Waals surface area contributed by atoms with Gasteiger partial charge in [-0.3, -0.25) is 9.09 Å². The molecule has 1 saturated heterocycles. The van der Waals surface area contributed by atoms with Gasteiger partial charge in [0.05, 0.1) is 72.2 Å². The number of hydrogen-bond donors (Lipinski definition) is 6. The highest BCUT2D eigenvalue weighted by Crippen LogP contribution is 2.38. The van der Waals surface area contributed by atoms with Crippen molar-refractivity contribution in [2.45, 2.75) is 37.4 Å². The zero-order valence-corrected chi connectivity index (χ0v) is 26.0. The van der Waals surface area contributed by atoms with E-state index < -0.39 is 39.0 Å². The molecule has 3 heterocycles. The number of nitrogens with one attached hydrogen (secondary N) is 1. The molecule has 0 bridgehead atoms. The molecule has 252 valence electrons. The van der Waals surface area contributed by atoms with Crippen molar-refractivity contribution < 1.29 is 62.1 Å². The number of hydrogen-bond acceptors (Lipinski definition) is 13. The molecule has 0 aliphatic carbocycles. The summed E-state index contributed by atoms with van der Waals surface area (Å²) in [6.45, 7) is 5.87. The van der Waals surface area contributed by atoms with Crippen LogP contribution in [0.3, 0.4) is 0 Å². The van der Waals surface area contributed by atoms with E-state index in [2.05, 4.69) is 14.8 Å². The lowest BCUT2D eigenvalue weighted by molar-refractivity contribution is -0.745. The van der Waals surface area contributed by atoms with Crippen LogP contribution in [-0.2, 0) is 44.6 Å². The van der Waals surface area contributed by atoms with Crippen molar-refractivity contribution >= 4 is 24.7 Å². The van der Waals surface area contributed by atoms with Gasteiger partial charge in [-0.2, -0.15) is 0 Å². The Balaban J connectivity index is 1.29. The Morgan fingerprint density at radius 3 is 2.09 bits per heavy atom. The Morgan fingerprint density at radius 1 is 0.955 bits per heavy atom. The summed E-state index contributed by atoms with van der Waals surface area (Å²) in [5.74, 6) is 0. The number of phosphoric acid groups is 1. The van der Waals surface area contributed by atoms with Gasteiger partial charge in [-0.25, -0.2) is 9.13 Å². The largest absolute Gasteiger partial charge is 0.469 e. The first-order valence-corrected chi connectivity index (χ1v) is 16.2. The molecule has 2 aromatic rings. The summed E-state index contributed by atoms with van der Waals surface area (Å²) in [4.78, 5) is 22.3. The van der Waals surface area contributed by atoms with Gasteiger partial charge in [0, 0.05) is 25.8 Å². The fourth-order valence-electron chi connectivity index (χ4n) is 4.44. The highest BCUT2D eigenvalue weighted by atomic mass is 31.2. The van der Waals surface area contributed by atoms with E-state index >= 15 is 0 Å². The minimum Gasteiger partial charge on any atom is -0.387 e. The predicted molar refractivity (Wildman–Crippen MR) is 156 cm³/mol. The molecule has 17 nitrogen and oxygen atoms in total. The topological polar surface area (TPSA) is 222 Å². The lowest BCUT2D eigenvalue weighted by atomic mass is 10.1. The van der Waals surface area contributed by atoms with Crippen LogP contribution in [-0.4, -0.2) is 134 Å². The van der Waals surface area contributed by atoms with Crippen LogP contribution in [0.25, 0.3) is 11.2 Å². The molecule has 0 spiro atoms. The highest BCUT2D eigenvalue weighted by Gasteiger charge is 2.47. The number of ether oxygens (including phenoxy) is 6. The van der Waals surface area contributed by atoms with Crippen LogP contribution in [0.5, 0.6) is 0 Å². The van der Waals surface area contributed by atoms with E-state index in [4.69, 9.17) is 43.9 Å². The van der Waals surface area contributed by atoms with Crippen LogP contribution < -0.4 is 15.6 Å². The van der Waals surface area contributed by atoms with Gasteiger partial charge in [0.15, 0.2) is 11.8 Å². The number of nitrogens with zero attached hydrogens (tertiary/aromatic N) is 3. The van der Waals surface area contributed by atoms with Crippen LogP contribution >= 0.6 is 7.82 Å². The van der Waals surface area contributed by atoms with E-state index in [9.17, 15) is 14.8 Å². The molecule has 44 heavy (non-hydrogen) atoms. The Bertz CT molecular complexity index is 1140. The molecule has 1 aliphatic heterocycles. The molecule has 1 aliphatic rings. The van der Waals surface area contributed by atoms with Gasteiger partial charge in [0.2, 0.25) is 6.23 Å². The summed E-state index contributed by atoms with van der Waals surface area (Å²) in [7, 11) is -2.96. The molecular formula is C26H47N5O12P+. The van der Waals surface area contributed by atoms with Crippen molar-refractivity contribution in [3.63, 3.8) is 0 Å². The number of rotatable bonds is 24. The van der Waals surface area contributed by atoms with E-state index in [-0.39, 0.29) is 0 Å². The normalized spacial score (nSPS) is 20.6. The predicted octanol–water partition coefficient (Wildman–Crippen LogP) is -1.18. The Labute approximate surface area is 256 Å². The number of aliphatic hydroxyl groups is 2. The van der Waals surface area contributed by atoms with Crippen molar-refractivity contribution in [1.29, 1.82) is 0 Å². The average molecular weight is 653 g/mol. The molecule has 3 rings (SSSR count). The second-order valence-electron chi connectivity index (χ2n) is 9.98. The van der Waals surface area contributed by atoms with Gasteiger partial charge < -0.3 is 59.5 Å². The van der Waals surface area contributed by atoms with E-state index in [1.54, 1.807) is 21.7 Å². The second kappa shape index (κ2) is 19.6. The number of phosphoric ester groups is 1. The van der Waals surface area contributed by atoms with Crippen LogP contribution in [0.1, 0.15) is 19.1 Å². The van der Waals surface area contributed by atoms with E-state index in [0.717, 1.165) is 24.0 Å². The number of aromatic nitrogens is 3. The first-order chi connectivity index (χ1) is 21.2. The number of imidazole rings is 1. The maximum atomic E-state index is 11.0. The maximum Gasteiger partial charge on any atom is 0.469 e. The van der Waals surface area contributed by atoms with Crippen LogP contribution in [0.15, 0.2) is 18.6 Å². The Hall–Kier alpha value is -1.83. The third-order valence-corrected chi connectivity index (χ3v) is 7.07. The molecule has 2 aromatic heterocycles. The second-order valence-corrected chi connectivity index (χ2v) is 11.2. The van der Waals surface area contributed by atoms with Crippen molar-refractivity contribution in [3.8, 4) is 0 Å². The first kappa shape index (κ1) is 36.6. The van der Waals surface area contributed by atoms with Crippen LogP contribution in [0, 0.1) is 0 Å². The van der Waals surface area contributed by atoms with E-state index in [1.807, 2.05) is 13.1 Å². The van der Waals surface area contributed by atoms with Gasteiger partial charge in [-0.05, 0) is 19.4 Å². The van der Waals surface area contributed by atoms with Gasteiger partial charge in [0.1, 0.15) is 24.5 Å². The molecular weight excluding hydrogens is 605 g/mol. The summed E-state index contributed by atoms with van der Waals surface area (Å²) >= 11 is 0. The van der Waals surface area contributed by atoms with E-state index in [0.29, 0.717) is 84.8 Å². The molecule has 1 fully saturated rings. The maximum absolute atomic E-state index is 11.0. The zero-order chi connectivity index (χ0) is 31.8. The molecule has 0 aromatic carbocycles. The van der Waals surface area contributed by atoms with E-state index in [1.165, 1.54) is 0 Å².